The molecule has 4 aromatic rings. The Morgan fingerprint density at radius 2 is 1.70 bits per heavy atom. The lowest BCUT2D eigenvalue weighted by atomic mass is 10.1. The molecular weight excluding hydrogens is 448 g/mol. The highest BCUT2D eigenvalue weighted by Gasteiger charge is 2.16. The molecular formula is C22H19BrN4O3. The Labute approximate surface area is 181 Å². The number of hydrogen-bond donors (Lipinski definition) is 1. The minimum atomic E-state index is -0.266. The maximum atomic E-state index is 12.9. The van der Waals surface area contributed by atoms with Crippen molar-refractivity contribution in [3.05, 3.63) is 70.2 Å². The summed E-state index contributed by atoms with van der Waals surface area (Å²) in [6.07, 6.45) is 0. The average molecular weight is 467 g/mol. The minimum Gasteiger partial charge on any atom is -0.497 e. The molecule has 0 atom stereocenters. The van der Waals surface area contributed by atoms with Gasteiger partial charge in [-0.3, -0.25) is 4.79 Å². The van der Waals surface area contributed by atoms with E-state index in [1.165, 1.54) is 0 Å². The fourth-order valence-electron chi connectivity index (χ4n) is 3.19. The summed E-state index contributed by atoms with van der Waals surface area (Å²) in [6.45, 7) is 1.89. The summed E-state index contributed by atoms with van der Waals surface area (Å²) in [5.41, 5.74) is 4.14. The molecule has 8 heteroatoms. The Hall–Kier alpha value is -3.39. The number of rotatable bonds is 5. The number of nitrogens with zero attached hydrogens (tertiary/aromatic N) is 3. The number of aromatic nitrogens is 3. The van der Waals surface area contributed by atoms with E-state index in [1.807, 2.05) is 43.3 Å². The molecule has 0 fully saturated rings. The summed E-state index contributed by atoms with van der Waals surface area (Å²) in [6, 6.07) is 16.5. The number of carbonyl (C=O) groups is 1. The van der Waals surface area contributed by atoms with E-state index < -0.39 is 0 Å². The highest BCUT2D eigenvalue weighted by molar-refractivity contribution is 9.10. The summed E-state index contributed by atoms with van der Waals surface area (Å²) < 4.78 is 11.4. The molecule has 1 N–H and O–H groups in total. The number of anilines is 1. The quantitative estimate of drug-likeness (QED) is 0.458. The van der Waals surface area contributed by atoms with Crippen molar-refractivity contribution in [3.63, 3.8) is 0 Å². The van der Waals surface area contributed by atoms with E-state index in [0.29, 0.717) is 22.5 Å². The normalized spacial score (nSPS) is 10.8. The van der Waals surface area contributed by atoms with Gasteiger partial charge in [0.1, 0.15) is 22.5 Å². The van der Waals surface area contributed by atoms with Crippen LogP contribution in [-0.2, 0) is 0 Å². The van der Waals surface area contributed by atoms with Crippen LogP contribution in [0.5, 0.6) is 11.5 Å². The zero-order chi connectivity index (χ0) is 21.3. The fraction of sp³-hybridized carbons (Fsp3) is 0.136. The number of methoxy groups -OCH3 is 2. The summed E-state index contributed by atoms with van der Waals surface area (Å²) in [7, 11) is 3.17. The number of fused-ring (bicyclic) bond motifs is 1. The maximum Gasteiger partial charge on any atom is 0.259 e. The molecule has 0 bridgehead atoms. The lowest BCUT2D eigenvalue weighted by Crippen LogP contribution is -2.13. The Kier molecular flexibility index (Phi) is 5.41. The number of benzene rings is 3. The average Bonchev–Trinajstić information content (AvgIpc) is 3.16. The highest BCUT2D eigenvalue weighted by Crippen LogP contribution is 2.29. The third-order valence-electron chi connectivity index (χ3n) is 4.63. The van der Waals surface area contributed by atoms with Gasteiger partial charge in [0.2, 0.25) is 0 Å². The molecule has 0 spiro atoms. The van der Waals surface area contributed by atoms with E-state index in [-0.39, 0.29) is 5.91 Å². The fourth-order valence-corrected chi connectivity index (χ4v) is 3.76. The van der Waals surface area contributed by atoms with Crippen molar-refractivity contribution in [1.29, 1.82) is 0 Å². The first kappa shape index (κ1) is 19.9. The van der Waals surface area contributed by atoms with Crippen LogP contribution in [0.4, 0.5) is 5.69 Å². The predicted octanol–water partition coefficient (Wildman–Crippen LogP) is 4.76. The lowest BCUT2D eigenvalue weighted by molar-refractivity contribution is 0.102. The van der Waals surface area contributed by atoms with Gasteiger partial charge in [0.05, 0.1) is 25.5 Å². The van der Waals surface area contributed by atoms with E-state index in [9.17, 15) is 4.79 Å². The third-order valence-corrected chi connectivity index (χ3v) is 5.09. The van der Waals surface area contributed by atoms with Crippen LogP contribution in [0.25, 0.3) is 16.7 Å². The van der Waals surface area contributed by atoms with Crippen LogP contribution in [0.1, 0.15) is 15.9 Å². The van der Waals surface area contributed by atoms with Crippen molar-refractivity contribution < 1.29 is 14.3 Å². The van der Waals surface area contributed by atoms with E-state index in [1.54, 1.807) is 37.2 Å². The van der Waals surface area contributed by atoms with Crippen molar-refractivity contribution in [2.45, 2.75) is 6.92 Å². The van der Waals surface area contributed by atoms with Crippen LogP contribution in [0.3, 0.4) is 0 Å². The van der Waals surface area contributed by atoms with Crippen molar-refractivity contribution in [2.75, 3.05) is 19.5 Å². The number of hydrogen-bond acceptors (Lipinski definition) is 5. The molecule has 0 unspecified atom stereocenters. The van der Waals surface area contributed by atoms with Crippen LogP contribution >= 0.6 is 15.9 Å². The topological polar surface area (TPSA) is 78.3 Å². The van der Waals surface area contributed by atoms with Gasteiger partial charge in [0, 0.05) is 10.2 Å². The number of aryl methyl sites for hydroxylation is 1. The number of amides is 1. The van der Waals surface area contributed by atoms with Gasteiger partial charge in [-0.2, -0.15) is 4.80 Å². The Morgan fingerprint density at radius 1 is 0.967 bits per heavy atom. The van der Waals surface area contributed by atoms with E-state index in [0.717, 1.165) is 27.0 Å². The second-order valence-corrected chi connectivity index (χ2v) is 7.56. The van der Waals surface area contributed by atoms with E-state index in [2.05, 4.69) is 31.4 Å². The van der Waals surface area contributed by atoms with E-state index >= 15 is 0 Å². The summed E-state index contributed by atoms with van der Waals surface area (Å²) >= 11 is 3.43. The molecule has 152 valence electrons. The van der Waals surface area contributed by atoms with E-state index in [4.69, 9.17) is 9.47 Å². The second-order valence-electron chi connectivity index (χ2n) is 6.65. The Bertz CT molecular complexity index is 1240. The molecule has 0 radical (unpaired) electrons. The SMILES string of the molecule is COc1ccc(-n2nc3ccc(NC(=O)c4cc(Br)cc(C)c4OC)cc3n2)cc1. The third kappa shape index (κ3) is 3.86. The van der Waals surface area contributed by atoms with Crippen LogP contribution in [0.15, 0.2) is 59.1 Å². The van der Waals surface area contributed by atoms with Gasteiger partial charge in [0.15, 0.2) is 0 Å². The Balaban J connectivity index is 1.62. The van der Waals surface area contributed by atoms with Crippen LogP contribution < -0.4 is 14.8 Å². The highest BCUT2D eigenvalue weighted by atomic mass is 79.9. The molecule has 1 amide bonds. The van der Waals surface area contributed by atoms with Crippen molar-refractivity contribution >= 4 is 38.6 Å². The van der Waals surface area contributed by atoms with Crippen molar-refractivity contribution in [2.24, 2.45) is 0 Å². The van der Waals surface area contributed by atoms with Gasteiger partial charge in [-0.15, -0.1) is 10.2 Å². The van der Waals surface area contributed by atoms with Gasteiger partial charge >= 0.3 is 0 Å². The number of halogens is 1. The Morgan fingerprint density at radius 3 is 2.40 bits per heavy atom. The number of nitrogens with one attached hydrogen (secondary N) is 1. The van der Waals surface area contributed by atoms with Crippen LogP contribution in [0, 0.1) is 6.92 Å². The first-order chi connectivity index (χ1) is 14.5. The lowest BCUT2D eigenvalue weighted by Gasteiger charge is -2.12. The first-order valence-electron chi connectivity index (χ1n) is 9.15. The molecule has 0 saturated carbocycles. The number of ether oxygens (including phenoxy) is 2. The molecule has 4 rings (SSSR count). The summed E-state index contributed by atoms with van der Waals surface area (Å²) in [4.78, 5) is 14.4. The van der Waals surface area contributed by atoms with Crippen LogP contribution in [-0.4, -0.2) is 35.1 Å². The standard InChI is InChI=1S/C22H19BrN4O3/c1-13-10-14(23)11-18(21(13)30-3)22(28)24-15-4-9-19-20(12-15)26-27(25-19)16-5-7-17(29-2)8-6-16/h4-12H,1-3H3,(H,24,28). The minimum absolute atomic E-state index is 0.266. The molecule has 1 aromatic heterocycles. The summed E-state index contributed by atoms with van der Waals surface area (Å²) in [5.74, 6) is 1.04. The molecule has 3 aromatic carbocycles. The summed E-state index contributed by atoms with van der Waals surface area (Å²) in [5, 5.41) is 11.9. The van der Waals surface area contributed by atoms with Crippen molar-refractivity contribution in [1.82, 2.24) is 15.0 Å². The maximum absolute atomic E-state index is 12.9. The van der Waals surface area contributed by atoms with Gasteiger partial charge in [-0.05, 0) is 67.1 Å². The zero-order valence-corrected chi connectivity index (χ0v) is 18.2. The molecule has 0 saturated heterocycles. The largest absolute Gasteiger partial charge is 0.497 e. The first-order valence-corrected chi connectivity index (χ1v) is 9.95. The predicted molar refractivity (Wildman–Crippen MR) is 119 cm³/mol. The van der Waals surface area contributed by atoms with Gasteiger partial charge in [-0.25, -0.2) is 0 Å². The van der Waals surface area contributed by atoms with Gasteiger partial charge < -0.3 is 14.8 Å². The van der Waals surface area contributed by atoms with Gasteiger partial charge in [0.25, 0.3) is 5.91 Å². The molecule has 30 heavy (non-hydrogen) atoms. The molecule has 0 aliphatic heterocycles. The number of carbonyl (C=O) groups excluding carboxylic acids is 1. The molecule has 0 aliphatic rings. The molecule has 7 nitrogen and oxygen atoms in total. The van der Waals surface area contributed by atoms with Crippen LogP contribution in [0.2, 0.25) is 0 Å². The van der Waals surface area contributed by atoms with Gasteiger partial charge in [-0.1, -0.05) is 15.9 Å². The second kappa shape index (κ2) is 8.16. The van der Waals surface area contributed by atoms with Crippen molar-refractivity contribution in [3.8, 4) is 17.2 Å². The molecule has 0 aliphatic carbocycles. The smallest absolute Gasteiger partial charge is 0.259 e. The molecule has 1 heterocycles. The zero-order valence-electron chi connectivity index (χ0n) is 16.6. The monoisotopic (exact) mass is 466 g/mol.